The van der Waals surface area contributed by atoms with Crippen LogP contribution < -0.4 is 0 Å². The van der Waals surface area contributed by atoms with Gasteiger partial charge < -0.3 is 10.2 Å². The SMILES string of the molecule is CCC[C@H]1CCC[C@H]([C@H](O)c2cccc(O)c2)C1. The molecule has 1 fully saturated rings. The molecule has 0 saturated heterocycles. The maximum atomic E-state index is 10.4. The largest absolute Gasteiger partial charge is 0.508 e. The summed E-state index contributed by atoms with van der Waals surface area (Å²) in [6.07, 6.45) is 6.88. The Morgan fingerprint density at radius 1 is 1.33 bits per heavy atom. The Kier molecular flexibility index (Phi) is 4.65. The van der Waals surface area contributed by atoms with E-state index in [1.54, 1.807) is 18.2 Å². The predicted molar refractivity (Wildman–Crippen MR) is 73.4 cm³/mol. The summed E-state index contributed by atoms with van der Waals surface area (Å²) in [7, 11) is 0. The molecule has 0 unspecified atom stereocenters. The van der Waals surface area contributed by atoms with Crippen LogP contribution in [0.4, 0.5) is 0 Å². The predicted octanol–water partition coefficient (Wildman–Crippen LogP) is 4.03. The van der Waals surface area contributed by atoms with Crippen LogP contribution in [0.25, 0.3) is 0 Å². The van der Waals surface area contributed by atoms with E-state index in [1.165, 1.54) is 25.7 Å². The molecule has 0 spiro atoms. The number of aliphatic hydroxyl groups is 1. The van der Waals surface area contributed by atoms with Crippen molar-refractivity contribution in [1.29, 1.82) is 0 Å². The zero-order chi connectivity index (χ0) is 13.0. The van der Waals surface area contributed by atoms with Gasteiger partial charge in [0.15, 0.2) is 0 Å². The van der Waals surface area contributed by atoms with Crippen molar-refractivity contribution < 1.29 is 10.2 Å². The summed E-state index contributed by atoms with van der Waals surface area (Å²) in [5.41, 5.74) is 0.858. The fourth-order valence-electron chi connectivity index (χ4n) is 3.27. The molecule has 1 aliphatic carbocycles. The lowest BCUT2D eigenvalue weighted by atomic mass is 9.76. The van der Waals surface area contributed by atoms with E-state index in [2.05, 4.69) is 6.92 Å². The normalized spacial score (nSPS) is 25.9. The molecule has 2 heteroatoms. The van der Waals surface area contributed by atoms with Gasteiger partial charge in [0.25, 0.3) is 0 Å². The lowest BCUT2D eigenvalue weighted by Crippen LogP contribution is -2.21. The molecule has 2 nitrogen and oxygen atoms in total. The molecule has 1 saturated carbocycles. The van der Waals surface area contributed by atoms with E-state index in [9.17, 15) is 10.2 Å². The first-order valence-corrected chi connectivity index (χ1v) is 7.17. The van der Waals surface area contributed by atoms with Crippen LogP contribution in [0, 0.1) is 11.8 Å². The summed E-state index contributed by atoms with van der Waals surface area (Å²) in [4.78, 5) is 0. The zero-order valence-electron chi connectivity index (χ0n) is 11.2. The smallest absolute Gasteiger partial charge is 0.115 e. The fourth-order valence-corrected chi connectivity index (χ4v) is 3.27. The average molecular weight is 248 g/mol. The summed E-state index contributed by atoms with van der Waals surface area (Å²) in [6.45, 7) is 2.23. The molecule has 100 valence electrons. The monoisotopic (exact) mass is 248 g/mol. The Morgan fingerprint density at radius 3 is 2.89 bits per heavy atom. The Balaban J connectivity index is 2.02. The van der Waals surface area contributed by atoms with Crippen molar-refractivity contribution in [2.24, 2.45) is 11.8 Å². The summed E-state index contributed by atoms with van der Waals surface area (Å²) in [5, 5.41) is 19.9. The first kappa shape index (κ1) is 13.4. The van der Waals surface area contributed by atoms with Gasteiger partial charge in [-0.15, -0.1) is 0 Å². The summed E-state index contributed by atoms with van der Waals surface area (Å²) in [5.74, 6) is 1.38. The van der Waals surface area contributed by atoms with Gasteiger partial charge in [-0.05, 0) is 42.4 Å². The minimum absolute atomic E-state index is 0.243. The maximum absolute atomic E-state index is 10.4. The lowest BCUT2D eigenvalue weighted by Gasteiger charge is -2.32. The molecule has 18 heavy (non-hydrogen) atoms. The van der Waals surface area contributed by atoms with Crippen LogP contribution in [0.3, 0.4) is 0 Å². The molecule has 2 rings (SSSR count). The fraction of sp³-hybridized carbons (Fsp3) is 0.625. The van der Waals surface area contributed by atoms with E-state index in [0.29, 0.717) is 5.92 Å². The number of aromatic hydroxyl groups is 1. The van der Waals surface area contributed by atoms with Crippen molar-refractivity contribution in [2.75, 3.05) is 0 Å². The number of phenols is 1. The quantitative estimate of drug-likeness (QED) is 0.844. The highest BCUT2D eigenvalue weighted by Crippen LogP contribution is 2.39. The Bertz CT molecular complexity index is 373. The van der Waals surface area contributed by atoms with Crippen molar-refractivity contribution in [3.63, 3.8) is 0 Å². The first-order valence-electron chi connectivity index (χ1n) is 7.17. The van der Waals surface area contributed by atoms with E-state index in [4.69, 9.17) is 0 Å². The van der Waals surface area contributed by atoms with E-state index in [0.717, 1.165) is 24.3 Å². The van der Waals surface area contributed by atoms with Gasteiger partial charge in [-0.25, -0.2) is 0 Å². The number of hydrogen-bond acceptors (Lipinski definition) is 2. The Morgan fingerprint density at radius 2 is 2.17 bits per heavy atom. The molecule has 2 N–H and O–H groups in total. The average Bonchev–Trinajstić information content (AvgIpc) is 2.39. The van der Waals surface area contributed by atoms with Gasteiger partial charge in [-0.2, -0.15) is 0 Å². The minimum atomic E-state index is -0.420. The van der Waals surface area contributed by atoms with E-state index >= 15 is 0 Å². The first-order chi connectivity index (χ1) is 8.70. The lowest BCUT2D eigenvalue weighted by molar-refractivity contribution is 0.0666. The third-order valence-corrected chi connectivity index (χ3v) is 4.18. The molecular weight excluding hydrogens is 224 g/mol. The molecule has 0 amide bonds. The molecule has 0 radical (unpaired) electrons. The van der Waals surface area contributed by atoms with Crippen LogP contribution in [0.2, 0.25) is 0 Å². The van der Waals surface area contributed by atoms with Gasteiger partial charge >= 0.3 is 0 Å². The third kappa shape index (κ3) is 3.26. The maximum Gasteiger partial charge on any atom is 0.115 e. The molecular formula is C16H24O2. The minimum Gasteiger partial charge on any atom is -0.508 e. The van der Waals surface area contributed by atoms with Crippen molar-refractivity contribution >= 4 is 0 Å². The second-order valence-corrected chi connectivity index (χ2v) is 5.62. The number of aliphatic hydroxyl groups excluding tert-OH is 1. The molecule has 0 heterocycles. The van der Waals surface area contributed by atoms with E-state index in [1.807, 2.05) is 6.07 Å². The number of rotatable bonds is 4. The van der Waals surface area contributed by atoms with Crippen molar-refractivity contribution in [1.82, 2.24) is 0 Å². The zero-order valence-corrected chi connectivity index (χ0v) is 11.2. The highest BCUT2D eigenvalue weighted by atomic mass is 16.3. The van der Waals surface area contributed by atoms with Crippen LogP contribution in [-0.2, 0) is 0 Å². The van der Waals surface area contributed by atoms with Gasteiger partial charge in [-0.1, -0.05) is 44.7 Å². The van der Waals surface area contributed by atoms with Crippen LogP contribution in [0.15, 0.2) is 24.3 Å². The molecule has 1 aliphatic rings. The van der Waals surface area contributed by atoms with Gasteiger partial charge in [0.2, 0.25) is 0 Å². The molecule has 1 aromatic carbocycles. The standard InChI is InChI=1S/C16H24O2/c1-2-5-12-6-3-7-13(10-12)16(18)14-8-4-9-15(17)11-14/h4,8-9,11-13,16-18H,2-3,5-7,10H2,1H3/t12-,13-,16-/m0/s1. The number of hydrogen-bond donors (Lipinski definition) is 2. The Labute approximate surface area is 110 Å². The van der Waals surface area contributed by atoms with E-state index < -0.39 is 6.10 Å². The van der Waals surface area contributed by atoms with Crippen molar-refractivity contribution in [3.05, 3.63) is 29.8 Å². The molecule has 0 aromatic heterocycles. The van der Waals surface area contributed by atoms with E-state index in [-0.39, 0.29) is 5.75 Å². The summed E-state index contributed by atoms with van der Waals surface area (Å²) in [6, 6.07) is 7.05. The third-order valence-electron chi connectivity index (χ3n) is 4.18. The topological polar surface area (TPSA) is 40.5 Å². The van der Waals surface area contributed by atoms with Crippen LogP contribution >= 0.6 is 0 Å². The van der Waals surface area contributed by atoms with Crippen molar-refractivity contribution in [3.8, 4) is 5.75 Å². The Hall–Kier alpha value is -1.02. The highest BCUT2D eigenvalue weighted by Gasteiger charge is 2.27. The molecule has 0 bridgehead atoms. The van der Waals surface area contributed by atoms with Gasteiger partial charge in [0.1, 0.15) is 5.75 Å². The second-order valence-electron chi connectivity index (χ2n) is 5.62. The van der Waals surface area contributed by atoms with Gasteiger partial charge in [-0.3, -0.25) is 0 Å². The number of phenolic OH excluding ortho intramolecular Hbond substituents is 1. The highest BCUT2D eigenvalue weighted by molar-refractivity contribution is 5.28. The van der Waals surface area contributed by atoms with Gasteiger partial charge in [0.05, 0.1) is 6.10 Å². The summed E-state index contributed by atoms with van der Waals surface area (Å²) >= 11 is 0. The van der Waals surface area contributed by atoms with Crippen LogP contribution in [-0.4, -0.2) is 10.2 Å². The molecule has 0 aliphatic heterocycles. The van der Waals surface area contributed by atoms with Crippen molar-refractivity contribution in [2.45, 2.75) is 51.6 Å². The molecule has 3 atom stereocenters. The van der Waals surface area contributed by atoms with Gasteiger partial charge in [0, 0.05) is 0 Å². The summed E-state index contributed by atoms with van der Waals surface area (Å²) < 4.78 is 0. The van der Waals surface area contributed by atoms with Crippen LogP contribution in [0.1, 0.15) is 57.1 Å². The molecule has 1 aromatic rings. The second kappa shape index (κ2) is 6.24. The number of benzene rings is 1. The van der Waals surface area contributed by atoms with Crippen LogP contribution in [0.5, 0.6) is 5.75 Å².